The summed E-state index contributed by atoms with van der Waals surface area (Å²) < 4.78 is 16.1. The maximum Gasteiger partial charge on any atom is 0.328 e. The van der Waals surface area contributed by atoms with Crippen LogP contribution in [-0.2, 0) is 27.2 Å². The van der Waals surface area contributed by atoms with Crippen LogP contribution in [0, 0.1) is 5.82 Å². The summed E-state index contributed by atoms with van der Waals surface area (Å²) in [7, 11) is 3.55. The molecular formula is C17H19ClFN3O. The molecule has 0 spiro atoms. The maximum absolute atomic E-state index is 12.8. The van der Waals surface area contributed by atoms with E-state index in [9.17, 15) is 9.18 Å². The molecule has 3 aromatic rings. The van der Waals surface area contributed by atoms with Gasteiger partial charge in [-0.15, -0.1) is 12.4 Å². The van der Waals surface area contributed by atoms with E-state index >= 15 is 0 Å². The molecule has 0 atom stereocenters. The highest BCUT2D eigenvalue weighted by atomic mass is 35.5. The molecule has 2 aromatic carbocycles. The van der Waals surface area contributed by atoms with E-state index in [1.165, 1.54) is 12.1 Å². The number of rotatable bonds is 4. The van der Waals surface area contributed by atoms with Gasteiger partial charge >= 0.3 is 5.69 Å². The van der Waals surface area contributed by atoms with Crippen LogP contribution in [0.4, 0.5) is 4.39 Å². The van der Waals surface area contributed by atoms with Crippen LogP contribution in [0.1, 0.15) is 11.1 Å². The van der Waals surface area contributed by atoms with Crippen molar-refractivity contribution in [1.29, 1.82) is 0 Å². The van der Waals surface area contributed by atoms with Crippen molar-refractivity contribution in [2.45, 2.75) is 13.1 Å². The lowest BCUT2D eigenvalue weighted by Gasteiger charge is -2.06. The molecule has 0 aliphatic rings. The van der Waals surface area contributed by atoms with Crippen LogP contribution in [0.15, 0.2) is 47.3 Å². The zero-order valence-electron chi connectivity index (χ0n) is 13.0. The lowest BCUT2D eigenvalue weighted by molar-refractivity contribution is 0.625. The van der Waals surface area contributed by atoms with Crippen molar-refractivity contribution in [3.05, 3.63) is 69.9 Å². The minimum atomic E-state index is -0.223. The molecule has 0 saturated heterocycles. The van der Waals surface area contributed by atoms with Crippen molar-refractivity contribution >= 4 is 23.4 Å². The molecule has 1 N–H and O–H groups in total. The topological polar surface area (TPSA) is 39.0 Å². The van der Waals surface area contributed by atoms with Crippen molar-refractivity contribution in [1.82, 2.24) is 14.5 Å². The molecule has 0 fully saturated rings. The number of nitrogens with one attached hydrogen (secondary N) is 1. The molecular weight excluding hydrogens is 317 g/mol. The van der Waals surface area contributed by atoms with Crippen molar-refractivity contribution in [2.75, 3.05) is 0 Å². The second kappa shape index (κ2) is 6.98. The van der Waals surface area contributed by atoms with Gasteiger partial charge in [-0.1, -0.05) is 18.2 Å². The minimum Gasteiger partial charge on any atom is -0.309 e. The summed E-state index contributed by atoms with van der Waals surface area (Å²) in [5.74, 6) is -0.223. The predicted molar refractivity (Wildman–Crippen MR) is 92.4 cm³/mol. The number of nitrogens with zero attached hydrogens (tertiary/aromatic N) is 2. The van der Waals surface area contributed by atoms with Crippen molar-refractivity contribution in [2.24, 2.45) is 14.1 Å². The quantitative estimate of drug-likeness (QED) is 0.796. The molecule has 0 unspecified atom stereocenters. The highest BCUT2D eigenvalue weighted by Gasteiger charge is 2.07. The molecule has 4 nitrogen and oxygen atoms in total. The molecule has 3 rings (SSSR count). The third-order valence-electron chi connectivity index (χ3n) is 3.91. The van der Waals surface area contributed by atoms with Gasteiger partial charge in [0.15, 0.2) is 0 Å². The van der Waals surface area contributed by atoms with Gasteiger partial charge in [0.05, 0.1) is 11.0 Å². The second-order valence-electron chi connectivity index (χ2n) is 5.45. The van der Waals surface area contributed by atoms with E-state index in [-0.39, 0.29) is 23.9 Å². The van der Waals surface area contributed by atoms with E-state index in [4.69, 9.17) is 0 Å². The summed E-state index contributed by atoms with van der Waals surface area (Å²) >= 11 is 0. The second-order valence-corrected chi connectivity index (χ2v) is 5.45. The molecule has 0 aliphatic carbocycles. The zero-order valence-corrected chi connectivity index (χ0v) is 13.9. The Kier molecular flexibility index (Phi) is 5.23. The van der Waals surface area contributed by atoms with E-state index in [2.05, 4.69) is 5.32 Å². The molecule has 0 aliphatic heterocycles. The summed E-state index contributed by atoms with van der Waals surface area (Å²) in [6, 6.07) is 12.5. The molecule has 1 heterocycles. The number of fused-ring (bicyclic) bond motifs is 1. The number of hydrogen-bond donors (Lipinski definition) is 1. The van der Waals surface area contributed by atoms with E-state index in [1.54, 1.807) is 35.4 Å². The predicted octanol–water partition coefficient (Wildman–Crippen LogP) is 2.73. The number of aryl methyl sites for hydroxylation is 2. The Labute approximate surface area is 140 Å². The largest absolute Gasteiger partial charge is 0.328 e. The third-order valence-corrected chi connectivity index (χ3v) is 3.91. The average molecular weight is 336 g/mol. The lowest BCUT2D eigenvalue weighted by atomic mass is 10.2. The van der Waals surface area contributed by atoms with Gasteiger partial charge < -0.3 is 5.32 Å². The Hall–Kier alpha value is -2.11. The Morgan fingerprint density at radius 3 is 2.17 bits per heavy atom. The first-order valence-corrected chi connectivity index (χ1v) is 7.16. The fraction of sp³-hybridized carbons (Fsp3) is 0.235. The number of hydrogen-bond acceptors (Lipinski definition) is 2. The van der Waals surface area contributed by atoms with Gasteiger partial charge in [-0.3, -0.25) is 9.13 Å². The monoisotopic (exact) mass is 335 g/mol. The van der Waals surface area contributed by atoms with E-state index in [1.807, 2.05) is 18.2 Å². The van der Waals surface area contributed by atoms with Crippen LogP contribution >= 0.6 is 12.4 Å². The van der Waals surface area contributed by atoms with Gasteiger partial charge in [0.25, 0.3) is 0 Å². The first-order chi connectivity index (χ1) is 10.6. The van der Waals surface area contributed by atoms with E-state index in [0.29, 0.717) is 13.1 Å². The number of halogens is 2. The van der Waals surface area contributed by atoms with Gasteiger partial charge in [-0.2, -0.15) is 0 Å². The Morgan fingerprint density at radius 1 is 0.913 bits per heavy atom. The Balaban J connectivity index is 0.00000192. The number of benzene rings is 2. The average Bonchev–Trinajstić information content (AvgIpc) is 2.74. The van der Waals surface area contributed by atoms with Gasteiger partial charge in [0, 0.05) is 27.2 Å². The first-order valence-electron chi connectivity index (χ1n) is 7.16. The maximum atomic E-state index is 12.8. The number of imidazole rings is 1. The standard InChI is InChI=1S/C17H18FN3O.ClH/c1-20-15-8-5-13(9-16(15)21(2)17(20)22)11-19-10-12-3-6-14(18)7-4-12;/h3-9,19H,10-11H2,1-2H3;1H. The summed E-state index contributed by atoms with van der Waals surface area (Å²) in [6.07, 6.45) is 0. The van der Waals surface area contributed by atoms with Gasteiger partial charge in [0.2, 0.25) is 0 Å². The van der Waals surface area contributed by atoms with Gasteiger partial charge in [-0.25, -0.2) is 9.18 Å². The SMILES string of the molecule is Cl.Cn1c(=O)n(C)c2cc(CNCc3ccc(F)cc3)ccc21. The molecule has 1 aromatic heterocycles. The van der Waals surface area contributed by atoms with Crippen LogP contribution in [0.2, 0.25) is 0 Å². The van der Waals surface area contributed by atoms with Crippen LogP contribution in [-0.4, -0.2) is 9.13 Å². The summed E-state index contributed by atoms with van der Waals surface area (Å²) in [6.45, 7) is 1.36. The molecule has 122 valence electrons. The van der Waals surface area contributed by atoms with Crippen LogP contribution in [0.5, 0.6) is 0 Å². The molecule has 23 heavy (non-hydrogen) atoms. The third kappa shape index (κ3) is 3.46. The first kappa shape index (κ1) is 17.2. The van der Waals surface area contributed by atoms with Crippen molar-refractivity contribution in [3.63, 3.8) is 0 Å². The highest BCUT2D eigenvalue weighted by Crippen LogP contribution is 2.14. The van der Waals surface area contributed by atoms with Gasteiger partial charge in [-0.05, 0) is 35.4 Å². The normalized spacial score (nSPS) is 10.7. The van der Waals surface area contributed by atoms with Crippen LogP contribution in [0.25, 0.3) is 11.0 Å². The number of aromatic nitrogens is 2. The molecule has 6 heteroatoms. The minimum absolute atomic E-state index is 0. The van der Waals surface area contributed by atoms with Crippen molar-refractivity contribution < 1.29 is 4.39 Å². The zero-order chi connectivity index (χ0) is 15.7. The lowest BCUT2D eigenvalue weighted by Crippen LogP contribution is -2.19. The van der Waals surface area contributed by atoms with Crippen LogP contribution < -0.4 is 11.0 Å². The molecule has 0 saturated carbocycles. The summed E-state index contributed by atoms with van der Waals surface area (Å²) in [5, 5.41) is 3.33. The van der Waals surface area contributed by atoms with Crippen LogP contribution in [0.3, 0.4) is 0 Å². The smallest absolute Gasteiger partial charge is 0.309 e. The Bertz CT molecular complexity index is 868. The summed E-state index contributed by atoms with van der Waals surface area (Å²) in [4.78, 5) is 11.9. The highest BCUT2D eigenvalue weighted by molar-refractivity contribution is 5.85. The van der Waals surface area contributed by atoms with E-state index < -0.39 is 0 Å². The Morgan fingerprint density at radius 2 is 1.48 bits per heavy atom. The van der Waals surface area contributed by atoms with Crippen molar-refractivity contribution in [3.8, 4) is 0 Å². The van der Waals surface area contributed by atoms with E-state index in [0.717, 1.165) is 22.2 Å². The molecule has 0 bridgehead atoms. The fourth-order valence-electron chi connectivity index (χ4n) is 2.62. The summed E-state index contributed by atoms with van der Waals surface area (Å²) in [5.41, 5.74) is 3.97. The van der Waals surface area contributed by atoms with Gasteiger partial charge in [0.1, 0.15) is 5.82 Å². The molecule has 0 amide bonds. The fourth-order valence-corrected chi connectivity index (χ4v) is 2.62. The molecule has 0 radical (unpaired) electrons.